The van der Waals surface area contributed by atoms with Gasteiger partial charge in [-0.05, 0) is 25.0 Å². The molecule has 0 aliphatic carbocycles. The van der Waals surface area contributed by atoms with E-state index in [1.807, 2.05) is 38.1 Å². The van der Waals surface area contributed by atoms with E-state index in [9.17, 15) is 10.1 Å². The highest BCUT2D eigenvalue weighted by Gasteiger charge is 2.32. The lowest BCUT2D eigenvalue weighted by molar-refractivity contribution is -0.898. The number of anilines is 1. The first kappa shape index (κ1) is 21.0. The van der Waals surface area contributed by atoms with Crippen molar-refractivity contribution < 1.29 is 14.4 Å². The first-order valence-electron chi connectivity index (χ1n) is 10.5. The molecule has 1 aliphatic rings. The van der Waals surface area contributed by atoms with Gasteiger partial charge < -0.3 is 14.5 Å². The summed E-state index contributed by atoms with van der Waals surface area (Å²) in [6, 6.07) is 9.68. The van der Waals surface area contributed by atoms with Crippen molar-refractivity contribution in [3.05, 3.63) is 30.0 Å². The normalized spacial score (nSPS) is 17.0. The number of benzene rings is 1. The number of ether oxygens (including phenoxy) is 1. The number of carbonyl (C=O) groups is 1. The number of hydrogen-bond acceptors (Lipinski definition) is 6. The van der Waals surface area contributed by atoms with Crippen LogP contribution in [0, 0.1) is 17.2 Å². The van der Waals surface area contributed by atoms with Gasteiger partial charge in [-0.3, -0.25) is 4.79 Å². The van der Waals surface area contributed by atoms with E-state index in [-0.39, 0.29) is 5.92 Å². The van der Waals surface area contributed by atoms with Crippen LogP contribution in [0.3, 0.4) is 0 Å². The molecule has 1 aromatic carbocycles. The van der Waals surface area contributed by atoms with E-state index in [2.05, 4.69) is 17.9 Å². The quantitative estimate of drug-likeness (QED) is 0.715. The Labute approximate surface area is 172 Å². The van der Waals surface area contributed by atoms with Gasteiger partial charge in [0.2, 0.25) is 0 Å². The molecule has 2 heterocycles. The van der Waals surface area contributed by atoms with E-state index in [1.54, 1.807) is 4.90 Å². The maximum atomic E-state index is 12.7. The molecule has 29 heavy (non-hydrogen) atoms. The Morgan fingerprint density at radius 1 is 1.24 bits per heavy atom. The highest BCUT2D eigenvalue weighted by molar-refractivity contribution is 5.85. The molecule has 1 aromatic heterocycles. The lowest BCUT2D eigenvalue weighted by Gasteiger charge is -2.33. The molecule has 0 saturated carbocycles. The Morgan fingerprint density at radius 2 is 1.90 bits per heavy atom. The van der Waals surface area contributed by atoms with Crippen molar-refractivity contribution in [2.45, 2.75) is 33.1 Å². The third-order valence-electron chi connectivity index (χ3n) is 5.69. The summed E-state index contributed by atoms with van der Waals surface area (Å²) in [7, 11) is 0. The van der Waals surface area contributed by atoms with Crippen molar-refractivity contribution in [2.75, 3.05) is 44.2 Å². The van der Waals surface area contributed by atoms with Crippen LogP contribution in [0.2, 0.25) is 0 Å². The predicted octanol–water partition coefficient (Wildman–Crippen LogP) is 1.55. The zero-order valence-electron chi connectivity index (χ0n) is 17.5. The first-order valence-corrected chi connectivity index (χ1v) is 10.5. The molecular weight excluding hydrogens is 366 g/mol. The van der Waals surface area contributed by atoms with Crippen LogP contribution in [-0.2, 0) is 9.53 Å². The molecule has 0 amide bonds. The number of fused-ring (bicyclic) bond motifs is 1. The maximum Gasteiger partial charge on any atom is 0.329 e. The van der Waals surface area contributed by atoms with Crippen molar-refractivity contribution in [1.82, 2.24) is 9.97 Å². The van der Waals surface area contributed by atoms with Gasteiger partial charge in [-0.2, -0.15) is 5.26 Å². The fourth-order valence-electron chi connectivity index (χ4n) is 3.47. The lowest BCUT2D eigenvalue weighted by Crippen LogP contribution is -3.14. The summed E-state index contributed by atoms with van der Waals surface area (Å²) in [6.07, 6.45) is 0.912. The van der Waals surface area contributed by atoms with Gasteiger partial charge in [0.25, 0.3) is 0 Å². The number of nitrogens with zero attached hydrogens (tertiary/aromatic N) is 4. The number of quaternary nitrogens is 1. The molecule has 0 radical (unpaired) electrons. The summed E-state index contributed by atoms with van der Waals surface area (Å²) >= 11 is 0. The van der Waals surface area contributed by atoms with Crippen LogP contribution >= 0.6 is 0 Å². The van der Waals surface area contributed by atoms with Crippen LogP contribution in [0.15, 0.2) is 24.3 Å². The minimum Gasteiger partial charge on any atom is -0.464 e. The zero-order chi connectivity index (χ0) is 20.8. The summed E-state index contributed by atoms with van der Waals surface area (Å²) in [4.78, 5) is 25.9. The molecule has 1 N–H and O–H groups in total. The third kappa shape index (κ3) is 4.83. The van der Waals surface area contributed by atoms with Crippen molar-refractivity contribution in [2.24, 2.45) is 5.92 Å². The summed E-state index contributed by atoms with van der Waals surface area (Å²) in [5, 5.41) is 9.81. The molecule has 0 spiro atoms. The average molecular weight is 397 g/mol. The third-order valence-corrected chi connectivity index (χ3v) is 5.69. The Morgan fingerprint density at radius 3 is 2.48 bits per heavy atom. The number of nitrogens with one attached hydrogen (secondary N) is 1. The van der Waals surface area contributed by atoms with Gasteiger partial charge in [0.15, 0.2) is 11.7 Å². The van der Waals surface area contributed by atoms with Gasteiger partial charge >= 0.3 is 5.97 Å². The number of rotatable bonds is 7. The number of nitriles is 1. The van der Waals surface area contributed by atoms with Crippen molar-refractivity contribution >= 4 is 22.8 Å². The second kappa shape index (κ2) is 9.66. The van der Waals surface area contributed by atoms with Crippen molar-refractivity contribution in [1.29, 1.82) is 5.26 Å². The minimum atomic E-state index is -1.08. The topological polar surface area (TPSA) is 83.5 Å². The molecule has 1 saturated heterocycles. The summed E-state index contributed by atoms with van der Waals surface area (Å²) in [6.45, 7) is 11.3. The van der Waals surface area contributed by atoms with E-state index in [0.29, 0.717) is 23.6 Å². The molecular formula is C22H30N5O2+. The van der Waals surface area contributed by atoms with Crippen LogP contribution < -0.4 is 9.80 Å². The molecule has 7 heteroatoms. The largest absolute Gasteiger partial charge is 0.464 e. The van der Waals surface area contributed by atoms with Crippen molar-refractivity contribution in [3.8, 4) is 6.07 Å². The summed E-state index contributed by atoms with van der Waals surface area (Å²) < 4.78 is 5.44. The highest BCUT2D eigenvalue weighted by atomic mass is 16.5. The Kier molecular flexibility index (Phi) is 6.99. The monoisotopic (exact) mass is 396 g/mol. The number of carbonyl (C=O) groups excluding carboxylic acids is 1. The maximum absolute atomic E-state index is 12.7. The van der Waals surface area contributed by atoms with Gasteiger partial charge in [0.05, 0.1) is 56.4 Å². The number of para-hydroxylation sites is 2. The second-order valence-electron chi connectivity index (χ2n) is 7.72. The fraction of sp³-hybridized carbons (Fsp3) is 0.545. The zero-order valence-corrected chi connectivity index (χ0v) is 17.5. The molecule has 0 bridgehead atoms. The predicted molar refractivity (Wildman–Crippen MR) is 112 cm³/mol. The second-order valence-corrected chi connectivity index (χ2v) is 7.72. The van der Waals surface area contributed by atoms with Gasteiger partial charge in [0.1, 0.15) is 5.69 Å². The van der Waals surface area contributed by atoms with E-state index in [4.69, 9.17) is 14.7 Å². The number of hydrogen-bond donors (Lipinski definition) is 1. The van der Waals surface area contributed by atoms with Gasteiger partial charge in [-0.15, -0.1) is 0 Å². The minimum absolute atomic E-state index is 0.255. The number of piperazine rings is 1. The molecule has 1 aliphatic heterocycles. The highest BCUT2D eigenvalue weighted by Crippen LogP contribution is 2.28. The fourth-order valence-corrected chi connectivity index (χ4v) is 3.47. The van der Waals surface area contributed by atoms with Crippen LogP contribution in [-0.4, -0.2) is 55.3 Å². The molecule has 3 rings (SSSR count). The lowest BCUT2D eigenvalue weighted by atomic mass is 10.1. The molecule has 154 valence electrons. The van der Waals surface area contributed by atoms with E-state index >= 15 is 0 Å². The van der Waals surface area contributed by atoms with Crippen molar-refractivity contribution in [3.63, 3.8) is 0 Å². The standard InChI is InChI=1S/C22H29N5O2/c1-4-16(3)15-29-22(28)17(14-23)20-21(27-12-10-26(5-2)11-13-27)25-19-9-7-6-8-18(19)24-20/h6-9,16-17H,4-5,10-13,15H2,1-3H3/p+1/t16-,17+/m0/s1. The average Bonchev–Trinajstić information content (AvgIpc) is 2.77. The SMILES string of the molecule is CC[C@H](C)COC(=O)[C@H](C#N)c1nc2ccccc2nc1N1CC[NH+](CC)CC1. The summed E-state index contributed by atoms with van der Waals surface area (Å²) in [5.41, 5.74) is 1.85. The number of likely N-dealkylation sites (N-methyl/N-ethyl adjacent to an activating group) is 1. The molecule has 1 fully saturated rings. The van der Waals surface area contributed by atoms with Crippen LogP contribution in [0.1, 0.15) is 38.8 Å². The van der Waals surface area contributed by atoms with Gasteiger partial charge in [-0.1, -0.05) is 32.4 Å². The first-order chi connectivity index (χ1) is 14.1. The van der Waals surface area contributed by atoms with Gasteiger partial charge in [0, 0.05) is 0 Å². The molecule has 7 nitrogen and oxygen atoms in total. The summed E-state index contributed by atoms with van der Waals surface area (Å²) in [5.74, 6) is -0.740. The Hall–Kier alpha value is -2.72. The van der Waals surface area contributed by atoms with Gasteiger partial charge in [-0.25, -0.2) is 9.97 Å². The van der Waals surface area contributed by atoms with Crippen LogP contribution in [0.4, 0.5) is 5.82 Å². The molecule has 2 aromatic rings. The number of esters is 1. The number of aromatic nitrogens is 2. The smallest absolute Gasteiger partial charge is 0.329 e. The Bertz CT molecular complexity index is 886. The molecule has 0 unspecified atom stereocenters. The van der Waals surface area contributed by atoms with E-state index in [1.165, 1.54) is 0 Å². The van der Waals surface area contributed by atoms with Crippen LogP contribution in [0.25, 0.3) is 11.0 Å². The van der Waals surface area contributed by atoms with E-state index < -0.39 is 11.9 Å². The van der Waals surface area contributed by atoms with Crippen LogP contribution in [0.5, 0.6) is 0 Å². The van der Waals surface area contributed by atoms with E-state index in [0.717, 1.165) is 44.7 Å². The molecule has 2 atom stereocenters. The Balaban J connectivity index is 1.95.